The van der Waals surface area contributed by atoms with Crippen molar-refractivity contribution in [2.45, 2.75) is 6.54 Å². The summed E-state index contributed by atoms with van der Waals surface area (Å²) >= 11 is 0. The van der Waals surface area contributed by atoms with E-state index in [-0.39, 0.29) is 5.96 Å². The third-order valence-electron chi connectivity index (χ3n) is 3.06. The van der Waals surface area contributed by atoms with Crippen LogP contribution in [0.25, 0.3) is 21.8 Å². The van der Waals surface area contributed by atoms with Gasteiger partial charge in [0.1, 0.15) is 0 Å². The van der Waals surface area contributed by atoms with Crippen molar-refractivity contribution in [3.63, 3.8) is 0 Å². The third kappa shape index (κ3) is 2.06. The van der Waals surface area contributed by atoms with Crippen molar-refractivity contribution in [3.8, 4) is 0 Å². The standard InChI is InChI=1S/C14H13N5/c15-14(16)19-8-10-5-7-18-13-11(10)4-3-9-2-1-6-17-12(9)13/h1-7H,8H2,(H4,15,16,19)/p+1. The summed E-state index contributed by atoms with van der Waals surface area (Å²) in [6.07, 6.45) is 3.56. The van der Waals surface area contributed by atoms with E-state index in [4.69, 9.17) is 11.5 Å². The Morgan fingerprint density at radius 3 is 2.68 bits per heavy atom. The molecule has 0 saturated heterocycles. The molecule has 5 nitrogen and oxygen atoms in total. The van der Waals surface area contributed by atoms with Gasteiger partial charge in [0.05, 0.1) is 17.6 Å². The fourth-order valence-electron chi connectivity index (χ4n) is 2.16. The summed E-state index contributed by atoms with van der Waals surface area (Å²) in [5, 5.41) is 2.14. The minimum atomic E-state index is 0.212. The van der Waals surface area contributed by atoms with E-state index in [2.05, 4.69) is 21.0 Å². The van der Waals surface area contributed by atoms with Crippen LogP contribution in [-0.4, -0.2) is 15.9 Å². The van der Waals surface area contributed by atoms with E-state index in [0.29, 0.717) is 6.54 Å². The minimum Gasteiger partial charge on any atom is -0.291 e. The van der Waals surface area contributed by atoms with Gasteiger partial charge in [-0.1, -0.05) is 18.2 Å². The molecule has 0 unspecified atom stereocenters. The fraction of sp³-hybridized carbons (Fsp3) is 0.0714. The first-order chi connectivity index (χ1) is 9.25. The molecule has 0 aliphatic carbocycles. The van der Waals surface area contributed by atoms with Gasteiger partial charge >= 0.3 is 5.96 Å². The van der Waals surface area contributed by atoms with E-state index in [0.717, 1.165) is 27.4 Å². The molecule has 94 valence electrons. The lowest BCUT2D eigenvalue weighted by Gasteiger charge is -2.05. The number of rotatable bonds is 2. The Kier molecular flexibility index (Phi) is 2.72. The summed E-state index contributed by atoms with van der Waals surface area (Å²) < 4.78 is 0. The Labute approximate surface area is 110 Å². The molecule has 19 heavy (non-hydrogen) atoms. The highest BCUT2D eigenvalue weighted by molar-refractivity contribution is 6.03. The van der Waals surface area contributed by atoms with Gasteiger partial charge in [-0.05, 0) is 17.7 Å². The normalized spacial score (nSPS) is 10.7. The smallest absolute Gasteiger partial charge is 0.291 e. The molecule has 5 heteroatoms. The number of nitrogens with one attached hydrogen (secondary N) is 1. The average Bonchev–Trinajstić information content (AvgIpc) is 2.44. The van der Waals surface area contributed by atoms with Gasteiger partial charge < -0.3 is 0 Å². The van der Waals surface area contributed by atoms with Crippen molar-refractivity contribution in [1.82, 2.24) is 9.97 Å². The number of aromatic nitrogens is 2. The first-order valence-corrected chi connectivity index (χ1v) is 5.99. The molecule has 2 heterocycles. The summed E-state index contributed by atoms with van der Waals surface area (Å²) in [6.45, 7) is 0.569. The Balaban J connectivity index is 2.26. The molecule has 0 saturated carbocycles. The van der Waals surface area contributed by atoms with Crippen LogP contribution in [0.5, 0.6) is 0 Å². The maximum Gasteiger partial charge on any atom is 0.339 e. The SMILES string of the molecule is NC(N)=[NH+]Cc1ccnc2c1ccc1cccnc12. The second kappa shape index (κ2) is 4.53. The third-order valence-corrected chi connectivity index (χ3v) is 3.06. The Morgan fingerprint density at radius 1 is 1.00 bits per heavy atom. The highest BCUT2D eigenvalue weighted by Crippen LogP contribution is 2.23. The molecule has 2 aromatic heterocycles. The van der Waals surface area contributed by atoms with Gasteiger partial charge in [0.15, 0.2) is 0 Å². The van der Waals surface area contributed by atoms with Crippen LogP contribution in [0.15, 0.2) is 42.7 Å². The molecule has 0 aliphatic rings. The monoisotopic (exact) mass is 252 g/mol. The van der Waals surface area contributed by atoms with Crippen molar-refractivity contribution in [1.29, 1.82) is 0 Å². The molecule has 5 N–H and O–H groups in total. The minimum absolute atomic E-state index is 0.212. The Bertz CT molecular complexity index is 775. The summed E-state index contributed by atoms with van der Waals surface area (Å²) in [5.41, 5.74) is 13.8. The van der Waals surface area contributed by atoms with Gasteiger partial charge in [-0.15, -0.1) is 0 Å². The number of fused-ring (bicyclic) bond motifs is 3. The molecule has 1 aromatic carbocycles. The van der Waals surface area contributed by atoms with Crippen LogP contribution in [0.2, 0.25) is 0 Å². The van der Waals surface area contributed by atoms with Crippen LogP contribution in [0.4, 0.5) is 0 Å². The van der Waals surface area contributed by atoms with Crippen LogP contribution >= 0.6 is 0 Å². The van der Waals surface area contributed by atoms with Crippen molar-refractivity contribution in [2.75, 3.05) is 0 Å². The lowest BCUT2D eigenvalue weighted by molar-refractivity contribution is -0.476. The molecule has 0 spiro atoms. The predicted molar refractivity (Wildman–Crippen MR) is 75.1 cm³/mol. The van der Waals surface area contributed by atoms with Crippen LogP contribution in [0.3, 0.4) is 0 Å². The first kappa shape index (κ1) is 11.4. The molecule has 3 aromatic rings. The second-order valence-corrected chi connectivity index (χ2v) is 4.32. The number of guanidine groups is 1. The number of pyridine rings is 2. The quantitative estimate of drug-likeness (QED) is 0.330. The van der Waals surface area contributed by atoms with Gasteiger partial charge in [-0.25, -0.2) is 0 Å². The number of nitrogens with two attached hydrogens (primary N) is 2. The highest BCUT2D eigenvalue weighted by Gasteiger charge is 2.06. The number of hydrogen-bond donors (Lipinski definition) is 3. The number of nitrogens with zero attached hydrogens (tertiary/aromatic N) is 2. The molecule has 0 atom stereocenters. The van der Waals surface area contributed by atoms with Crippen LogP contribution in [-0.2, 0) is 6.54 Å². The molecule has 0 aliphatic heterocycles. The zero-order valence-electron chi connectivity index (χ0n) is 10.3. The van der Waals surface area contributed by atoms with Gasteiger partial charge in [-0.2, -0.15) is 0 Å². The maximum atomic E-state index is 5.43. The lowest BCUT2D eigenvalue weighted by Crippen LogP contribution is -2.76. The highest BCUT2D eigenvalue weighted by atomic mass is 15.0. The van der Waals surface area contributed by atoms with Gasteiger partial charge in [0.2, 0.25) is 0 Å². The topological polar surface area (TPSA) is 91.8 Å². The molecule has 0 amide bonds. The molecule has 0 radical (unpaired) electrons. The van der Waals surface area contributed by atoms with Crippen LogP contribution < -0.4 is 16.5 Å². The van der Waals surface area contributed by atoms with Crippen molar-refractivity contribution in [2.24, 2.45) is 11.5 Å². The van der Waals surface area contributed by atoms with Crippen LogP contribution in [0, 0.1) is 0 Å². The van der Waals surface area contributed by atoms with E-state index in [9.17, 15) is 0 Å². The molecular weight excluding hydrogens is 238 g/mol. The van der Waals surface area contributed by atoms with Gasteiger partial charge in [0, 0.05) is 23.2 Å². The van der Waals surface area contributed by atoms with E-state index in [1.807, 2.05) is 24.3 Å². The zero-order chi connectivity index (χ0) is 13.2. The van der Waals surface area contributed by atoms with Crippen molar-refractivity contribution in [3.05, 3.63) is 48.3 Å². The Hall–Kier alpha value is -2.69. The molecule has 3 rings (SSSR count). The lowest BCUT2D eigenvalue weighted by atomic mass is 10.1. The van der Waals surface area contributed by atoms with E-state index >= 15 is 0 Å². The van der Waals surface area contributed by atoms with Gasteiger partial charge in [0.25, 0.3) is 0 Å². The van der Waals surface area contributed by atoms with E-state index in [1.54, 1.807) is 12.4 Å². The second-order valence-electron chi connectivity index (χ2n) is 4.32. The Morgan fingerprint density at radius 2 is 1.84 bits per heavy atom. The van der Waals surface area contributed by atoms with Crippen LogP contribution in [0.1, 0.15) is 5.56 Å². The summed E-state index contributed by atoms with van der Waals surface area (Å²) in [6, 6.07) is 10.00. The largest absolute Gasteiger partial charge is 0.339 e. The predicted octanol–water partition coefficient (Wildman–Crippen LogP) is -0.363. The molecular formula is C14H14N5+. The van der Waals surface area contributed by atoms with Gasteiger partial charge in [-0.3, -0.25) is 26.4 Å². The first-order valence-electron chi connectivity index (χ1n) is 5.99. The summed E-state index contributed by atoms with van der Waals surface area (Å²) in [4.78, 5) is 11.8. The number of hydrogen-bond acceptors (Lipinski definition) is 2. The summed E-state index contributed by atoms with van der Waals surface area (Å²) in [5.74, 6) is 0.212. The number of benzene rings is 1. The maximum absolute atomic E-state index is 5.43. The average molecular weight is 252 g/mol. The molecule has 0 fully saturated rings. The van der Waals surface area contributed by atoms with Crippen molar-refractivity contribution >= 4 is 27.8 Å². The van der Waals surface area contributed by atoms with E-state index < -0.39 is 0 Å². The van der Waals surface area contributed by atoms with Crippen molar-refractivity contribution < 1.29 is 4.99 Å². The zero-order valence-corrected chi connectivity index (χ0v) is 10.3. The van der Waals surface area contributed by atoms with E-state index in [1.165, 1.54) is 0 Å². The summed E-state index contributed by atoms with van der Waals surface area (Å²) in [7, 11) is 0. The fourth-order valence-corrected chi connectivity index (χ4v) is 2.16. The molecule has 0 bridgehead atoms.